The topological polar surface area (TPSA) is 64.7 Å². The second kappa shape index (κ2) is 9.38. The molecule has 0 unspecified atom stereocenters. The third-order valence-electron chi connectivity index (χ3n) is 9.78. The molecule has 1 aliphatic carbocycles. The van der Waals surface area contributed by atoms with E-state index in [9.17, 15) is 9.59 Å². The molecule has 3 aliphatic rings. The van der Waals surface area contributed by atoms with E-state index in [4.69, 9.17) is 0 Å². The van der Waals surface area contributed by atoms with Crippen molar-refractivity contribution in [1.29, 1.82) is 0 Å². The lowest BCUT2D eigenvalue weighted by molar-refractivity contribution is -0.132. The summed E-state index contributed by atoms with van der Waals surface area (Å²) in [5.74, 6) is 0.463. The molecule has 0 spiro atoms. The first kappa shape index (κ1) is 27.4. The third kappa shape index (κ3) is 5.80. The molecule has 0 aromatic rings. The van der Waals surface area contributed by atoms with E-state index in [0.29, 0.717) is 0 Å². The highest BCUT2D eigenvalue weighted by Crippen LogP contribution is 2.39. The predicted molar refractivity (Wildman–Crippen MR) is 140 cm³/mol. The van der Waals surface area contributed by atoms with E-state index in [0.717, 1.165) is 51.4 Å². The Labute approximate surface area is 209 Å². The molecule has 196 valence electrons. The van der Waals surface area contributed by atoms with Crippen molar-refractivity contribution in [2.45, 2.75) is 141 Å². The summed E-state index contributed by atoms with van der Waals surface area (Å²) in [6, 6.07) is 0.428. The van der Waals surface area contributed by atoms with Crippen LogP contribution in [-0.4, -0.2) is 69.9 Å². The van der Waals surface area contributed by atoms with Crippen LogP contribution in [-0.2, 0) is 9.59 Å². The van der Waals surface area contributed by atoms with Crippen LogP contribution in [0.5, 0.6) is 0 Å². The van der Waals surface area contributed by atoms with Crippen LogP contribution in [0.3, 0.4) is 0 Å². The normalized spacial score (nSPS) is 32.2. The molecule has 6 nitrogen and oxygen atoms in total. The lowest BCUT2D eigenvalue weighted by atomic mass is 9.76. The first-order valence-electron chi connectivity index (χ1n) is 13.5. The molecule has 34 heavy (non-hydrogen) atoms. The number of nitrogens with zero attached hydrogens (tertiary/aromatic N) is 2. The average Bonchev–Trinajstić information content (AvgIpc) is 2.69. The SMILES string of the molecule is CN1C(C)(C)CC(NC(=O)C2CCC(C(=O)NC3CC(C)(C)N(C)C(C)(C)C3)CC2)CC1(C)C. The van der Waals surface area contributed by atoms with Gasteiger partial charge in [0, 0.05) is 46.1 Å². The molecule has 0 aromatic heterocycles. The van der Waals surface area contributed by atoms with Gasteiger partial charge in [0.2, 0.25) is 11.8 Å². The van der Waals surface area contributed by atoms with Crippen LogP contribution in [0.25, 0.3) is 0 Å². The fourth-order valence-corrected chi connectivity index (χ4v) is 7.20. The molecule has 3 rings (SSSR count). The molecule has 0 aromatic carbocycles. The lowest BCUT2D eigenvalue weighted by Gasteiger charge is -2.54. The summed E-state index contributed by atoms with van der Waals surface area (Å²) in [6.45, 7) is 18.1. The third-order valence-corrected chi connectivity index (χ3v) is 9.78. The average molecular weight is 477 g/mol. The van der Waals surface area contributed by atoms with E-state index in [-0.39, 0.29) is 57.9 Å². The Morgan fingerprint density at radius 2 is 0.794 bits per heavy atom. The minimum atomic E-state index is 0.0381. The van der Waals surface area contributed by atoms with Crippen molar-refractivity contribution >= 4 is 11.8 Å². The van der Waals surface area contributed by atoms with Crippen LogP contribution >= 0.6 is 0 Å². The maximum atomic E-state index is 13.1. The fourth-order valence-electron chi connectivity index (χ4n) is 7.20. The molecule has 0 atom stereocenters. The van der Waals surface area contributed by atoms with Gasteiger partial charge >= 0.3 is 0 Å². The minimum Gasteiger partial charge on any atom is -0.353 e. The highest BCUT2D eigenvalue weighted by molar-refractivity contribution is 5.81. The van der Waals surface area contributed by atoms with Crippen LogP contribution in [0, 0.1) is 11.8 Å². The number of amides is 2. The molecule has 2 heterocycles. The summed E-state index contributed by atoms with van der Waals surface area (Å²) in [5, 5.41) is 6.76. The van der Waals surface area contributed by atoms with Gasteiger partial charge in [-0.3, -0.25) is 19.4 Å². The number of hydrogen-bond donors (Lipinski definition) is 2. The Hall–Kier alpha value is -1.14. The lowest BCUT2D eigenvalue weighted by Crippen LogP contribution is -2.63. The summed E-state index contributed by atoms with van der Waals surface area (Å²) >= 11 is 0. The van der Waals surface area contributed by atoms with E-state index in [1.54, 1.807) is 0 Å². The van der Waals surface area contributed by atoms with Gasteiger partial charge in [-0.05, 0) is 121 Å². The summed E-state index contributed by atoms with van der Waals surface area (Å²) in [6.07, 6.45) is 7.14. The molecule has 1 saturated carbocycles. The predicted octanol–water partition coefficient (Wildman–Crippen LogP) is 4.33. The highest BCUT2D eigenvalue weighted by atomic mass is 16.2. The van der Waals surface area contributed by atoms with Gasteiger partial charge in [-0.1, -0.05) is 0 Å². The molecule has 2 N–H and O–H groups in total. The van der Waals surface area contributed by atoms with Gasteiger partial charge in [-0.2, -0.15) is 0 Å². The summed E-state index contributed by atoms with van der Waals surface area (Å²) in [4.78, 5) is 31.1. The number of rotatable bonds is 4. The standard InChI is InChI=1S/C28H52N4O2/c1-25(2)15-21(16-26(3,4)31(25)9)29-23(33)19-11-13-20(14-12-19)24(34)30-22-17-27(5,6)32(10)28(7,8)18-22/h19-22H,11-18H2,1-10H3,(H,29,33)(H,30,34). The maximum Gasteiger partial charge on any atom is 0.223 e. The molecule has 2 aliphatic heterocycles. The molecule has 0 radical (unpaired) electrons. The Kier molecular flexibility index (Phi) is 7.58. The number of likely N-dealkylation sites (tertiary alicyclic amines) is 2. The van der Waals surface area contributed by atoms with E-state index >= 15 is 0 Å². The molecule has 2 saturated heterocycles. The minimum absolute atomic E-state index is 0.0381. The zero-order valence-corrected chi connectivity index (χ0v) is 23.7. The molecular formula is C28H52N4O2. The molecular weight excluding hydrogens is 424 g/mol. The first-order valence-corrected chi connectivity index (χ1v) is 13.5. The van der Waals surface area contributed by atoms with Crippen LogP contribution in [0.2, 0.25) is 0 Å². The van der Waals surface area contributed by atoms with E-state index in [2.05, 4.69) is 89.9 Å². The number of hydrogen-bond acceptors (Lipinski definition) is 4. The molecule has 2 amide bonds. The molecule has 3 fully saturated rings. The number of piperidine rings is 2. The van der Waals surface area contributed by atoms with Crippen LogP contribution in [0.1, 0.15) is 107 Å². The summed E-state index contributed by atoms with van der Waals surface area (Å²) in [7, 11) is 4.38. The summed E-state index contributed by atoms with van der Waals surface area (Å²) in [5.41, 5.74) is 0.248. The highest BCUT2D eigenvalue weighted by Gasteiger charge is 2.45. The van der Waals surface area contributed by atoms with Gasteiger partial charge in [0.25, 0.3) is 0 Å². The maximum absolute atomic E-state index is 13.1. The zero-order chi connectivity index (χ0) is 25.7. The summed E-state index contributed by atoms with van der Waals surface area (Å²) < 4.78 is 0. The van der Waals surface area contributed by atoms with E-state index in [1.165, 1.54) is 0 Å². The van der Waals surface area contributed by atoms with Crippen molar-refractivity contribution in [3.8, 4) is 0 Å². The van der Waals surface area contributed by atoms with Gasteiger partial charge in [0.15, 0.2) is 0 Å². The Balaban J connectivity index is 1.49. The van der Waals surface area contributed by atoms with Crippen molar-refractivity contribution in [2.24, 2.45) is 11.8 Å². The van der Waals surface area contributed by atoms with Gasteiger partial charge < -0.3 is 10.6 Å². The van der Waals surface area contributed by atoms with E-state index < -0.39 is 0 Å². The Morgan fingerprint density at radius 3 is 1.03 bits per heavy atom. The van der Waals surface area contributed by atoms with Crippen LogP contribution < -0.4 is 10.6 Å². The van der Waals surface area contributed by atoms with E-state index in [1.807, 2.05) is 0 Å². The van der Waals surface area contributed by atoms with Gasteiger partial charge in [-0.15, -0.1) is 0 Å². The molecule has 0 bridgehead atoms. The quantitative estimate of drug-likeness (QED) is 0.634. The van der Waals surface area contributed by atoms with Crippen molar-refractivity contribution < 1.29 is 9.59 Å². The Morgan fingerprint density at radius 1 is 0.559 bits per heavy atom. The number of carbonyl (C=O) groups is 2. The Bertz CT molecular complexity index is 664. The van der Waals surface area contributed by atoms with Gasteiger partial charge in [0.05, 0.1) is 0 Å². The number of nitrogens with one attached hydrogen (secondary N) is 2. The largest absolute Gasteiger partial charge is 0.353 e. The second-order valence-corrected chi connectivity index (χ2v) is 14.1. The first-order chi connectivity index (χ1) is 15.4. The smallest absolute Gasteiger partial charge is 0.223 e. The molecule has 6 heteroatoms. The van der Waals surface area contributed by atoms with Crippen molar-refractivity contribution in [1.82, 2.24) is 20.4 Å². The van der Waals surface area contributed by atoms with Crippen LogP contribution in [0.15, 0.2) is 0 Å². The fraction of sp³-hybridized carbons (Fsp3) is 0.929. The van der Waals surface area contributed by atoms with Crippen molar-refractivity contribution in [3.63, 3.8) is 0 Å². The van der Waals surface area contributed by atoms with Gasteiger partial charge in [-0.25, -0.2) is 0 Å². The van der Waals surface area contributed by atoms with Crippen LogP contribution in [0.4, 0.5) is 0 Å². The van der Waals surface area contributed by atoms with Crippen molar-refractivity contribution in [3.05, 3.63) is 0 Å². The second-order valence-electron chi connectivity index (χ2n) is 14.1. The number of carbonyl (C=O) groups excluding carboxylic acids is 2. The zero-order valence-electron chi connectivity index (χ0n) is 23.7. The monoisotopic (exact) mass is 476 g/mol. The van der Waals surface area contributed by atoms with Crippen molar-refractivity contribution in [2.75, 3.05) is 14.1 Å². The van der Waals surface area contributed by atoms with Gasteiger partial charge in [0.1, 0.15) is 0 Å².